The summed E-state index contributed by atoms with van der Waals surface area (Å²) >= 11 is 0. The van der Waals surface area contributed by atoms with E-state index in [2.05, 4.69) is 4.74 Å². The fourth-order valence-electron chi connectivity index (χ4n) is 0.453. The van der Waals surface area contributed by atoms with Gasteiger partial charge in [-0.15, -0.1) is 0 Å². The Morgan fingerprint density at radius 2 is 1.67 bits per heavy atom. The van der Waals surface area contributed by atoms with Crippen LogP contribution < -0.4 is 0 Å². The molecule has 0 aromatic carbocycles. The van der Waals surface area contributed by atoms with Gasteiger partial charge in [0.15, 0.2) is 0 Å². The zero-order valence-corrected chi connectivity index (χ0v) is 8.10. The first-order chi connectivity index (χ1) is 5.19. The summed E-state index contributed by atoms with van der Waals surface area (Å²) in [5.74, 6) is -3.36. The number of halogens is 1. The minimum atomic E-state index is -2.35. The van der Waals surface area contributed by atoms with Crippen LogP contribution in [-0.4, -0.2) is 24.5 Å². The molecule has 0 heterocycles. The predicted molar refractivity (Wildman–Crippen MR) is 42.4 cm³/mol. The molecule has 1 unspecified atom stereocenters. The number of methoxy groups -OCH3 is 1. The van der Waals surface area contributed by atoms with Crippen LogP contribution in [0.25, 0.3) is 0 Å². The number of carbonyl (C=O) groups is 1. The van der Waals surface area contributed by atoms with Crippen LogP contribution in [0.4, 0.5) is 4.39 Å². The summed E-state index contributed by atoms with van der Waals surface area (Å²) in [5.41, 5.74) is -0.692. The highest BCUT2D eigenvalue weighted by molar-refractivity contribution is 5.77. The van der Waals surface area contributed by atoms with Gasteiger partial charge in [0.05, 0.1) is 0 Å². The highest BCUT2D eigenvalue weighted by atomic mass is 19.2. The molecule has 0 saturated heterocycles. The minimum absolute atomic E-state index is 0.692. The molecule has 0 saturated carbocycles. The second-order valence-electron chi connectivity index (χ2n) is 3.62. The van der Waals surface area contributed by atoms with Crippen LogP contribution in [0, 0.1) is 0 Å². The average Bonchev–Trinajstić information content (AvgIpc) is 1.84. The number of hydrogen-bond donors (Lipinski definition) is 0. The van der Waals surface area contributed by atoms with E-state index in [-0.39, 0.29) is 0 Å². The topological polar surface area (TPSA) is 35.5 Å². The van der Waals surface area contributed by atoms with Crippen molar-refractivity contribution in [3.05, 3.63) is 0 Å². The Bertz CT molecular complexity index is 170. The van der Waals surface area contributed by atoms with Crippen LogP contribution in [-0.2, 0) is 14.3 Å². The van der Waals surface area contributed by atoms with Crippen molar-refractivity contribution < 1.29 is 18.7 Å². The second-order valence-corrected chi connectivity index (χ2v) is 3.62. The fourth-order valence-corrected chi connectivity index (χ4v) is 0.453. The van der Waals surface area contributed by atoms with Crippen molar-refractivity contribution in [3.8, 4) is 0 Å². The molecule has 12 heavy (non-hydrogen) atoms. The molecule has 0 aromatic heterocycles. The predicted octanol–water partition coefficient (Wildman–Crippen LogP) is 1.66. The molecule has 0 aromatic rings. The maximum absolute atomic E-state index is 13.0. The molecule has 0 radical (unpaired) electrons. The van der Waals surface area contributed by atoms with Crippen LogP contribution >= 0.6 is 0 Å². The lowest BCUT2D eigenvalue weighted by Gasteiger charge is -2.24. The Morgan fingerprint density at radius 1 is 1.25 bits per heavy atom. The summed E-state index contributed by atoms with van der Waals surface area (Å²) in [6.07, 6.45) is 0. The Hall–Kier alpha value is -0.640. The number of alkyl halides is 1. The van der Waals surface area contributed by atoms with E-state index in [0.717, 1.165) is 14.0 Å². The highest BCUT2D eigenvalue weighted by Gasteiger charge is 2.37. The largest absolute Gasteiger partial charge is 0.456 e. The van der Waals surface area contributed by atoms with Gasteiger partial charge in [0.25, 0.3) is 0 Å². The maximum Gasteiger partial charge on any atom is 0.372 e. The Kier molecular flexibility index (Phi) is 3.21. The monoisotopic (exact) mass is 178 g/mol. The molecule has 0 aliphatic rings. The van der Waals surface area contributed by atoms with Crippen molar-refractivity contribution in [2.24, 2.45) is 0 Å². The van der Waals surface area contributed by atoms with Crippen molar-refractivity contribution in [2.45, 2.75) is 39.2 Å². The molecule has 3 nitrogen and oxygen atoms in total. The first-order valence-corrected chi connectivity index (χ1v) is 3.66. The number of ether oxygens (including phenoxy) is 2. The highest BCUT2D eigenvalue weighted by Crippen LogP contribution is 2.17. The van der Waals surface area contributed by atoms with Gasteiger partial charge >= 0.3 is 11.8 Å². The summed E-state index contributed by atoms with van der Waals surface area (Å²) in [4.78, 5) is 11.0. The fraction of sp³-hybridized carbons (Fsp3) is 0.875. The smallest absolute Gasteiger partial charge is 0.372 e. The third-order valence-corrected chi connectivity index (χ3v) is 1.15. The van der Waals surface area contributed by atoms with Crippen LogP contribution in [0.3, 0.4) is 0 Å². The van der Waals surface area contributed by atoms with Gasteiger partial charge in [-0.25, -0.2) is 4.79 Å². The molecular formula is C8H15FO3. The zero-order chi connectivity index (χ0) is 9.99. The molecule has 1 atom stereocenters. The van der Waals surface area contributed by atoms with E-state index in [4.69, 9.17) is 4.74 Å². The molecule has 72 valence electrons. The van der Waals surface area contributed by atoms with Gasteiger partial charge in [0, 0.05) is 14.0 Å². The number of rotatable bonds is 2. The van der Waals surface area contributed by atoms with Crippen molar-refractivity contribution in [2.75, 3.05) is 7.11 Å². The van der Waals surface area contributed by atoms with Crippen molar-refractivity contribution in [1.82, 2.24) is 0 Å². The lowest BCUT2D eigenvalue weighted by Crippen LogP contribution is -2.38. The molecule has 0 rings (SSSR count). The minimum Gasteiger partial charge on any atom is -0.456 e. The molecule has 0 bridgehead atoms. The van der Waals surface area contributed by atoms with E-state index in [9.17, 15) is 9.18 Å². The van der Waals surface area contributed by atoms with E-state index in [0.29, 0.717) is 0 Å². The third-order valence-electron chi connectivity index (χ3n) is 1.15. The van der Waals surface area contributed by atoms with Crippen molar-refractivity contribution in [3.63, 3.8) is 0 Å². The lowest BCUT2D eigenvalue weighted by molar-refractivity contribution is -0.200. The van der Waals surface area contributed by atoms with E-state index >= 15 is 0 Å². The molecule has 0 aliphatic heterocycles. The Morgan fingerprint density at radius 3 is 1.92 bits per heavy atom. The molecule has 0 fully saturated rings. The van der Waals surface area contributed by atoms with E-state index in [1.165, 1.54) is 0 Å². The van der Waals surface area contributed by atoms with E-state index in [1.807, 2.05) is 0 Å². The molecule has 0 N–H and O–H groups in total. The quantitative estimate of drug-likeness (QED) is 0.603. The first-order valence-electron chi connectivity index (χ1n) is 3.66. The average molecular weight is 178 g/mol. The molecule has 0 aliphatic carbocycles. The van der Waals surface area contributed by atoms with Gasteiger partial charge in [0.2, 0.25) is 0 Å². The van der Waals surface area contributed by atoms with Crippen molar-refractivity contribution >= 4 is 5.97 Å². The van der Waals surface area contributed by atoms with Crippen LogP contribution in [0.15, 0.2) is 0 Å². The SMILES string of the molecule is COC(C)(F)C(=O)OC(C)(C)C. The summed E-state index contributed by atoms with van der Waals surface area (Å²) in [6, 6.07) is 0. The first kappa shape index (κ1) is 11.4. The van der Waals surface area contributed by atoms with Crippen LogP contribution in [0.5, 0.6) is 0 Å². The van der Waals surface area contributed by atoms with Crippen LogP contribution in [0.2, 0.25) is 0 Å². The molecule has 4 heteroatoms. The van der Waals surface area contributed by atoms with Gasteiger partial charge < -0.3 is 9.47 Å². The van der Waals surface area contributed by atoms with Crippen LogP contribution in [0.1, 0.15) is 27.7 Å². The maximum atomic E-state index is 13.0. The lowest BCUT2D eigenvalue weighted by atomic mass is 10.2. The number of hydrogen-bond acceptors (Lipinski definition) is 3. The van der Waals surface area contributed by atoms with Gasteiger partial charge in [-0.1, -0.05) is 0 Å². The summed E-state index contributed by atoms with van der Waals surface area (Å²) < 4.78 is 22.1. The third kappa shape index (κ3) is 3.67. The summed E-state index contributed by atoms with van der Waals surface area (Å²) in [7, 11) is 1.11. The van der Waals surface area contributed by atoms with Gasteiger partial charge in [-0.3, -0.25) is 0 Å². The summed E-state index contributed by atoms with van der Waals surface area (Å²) in [6.45, 7) is 6.00. The normalized spacial score (nSPS) is 16.8. The Balaban J connectivity index is 4.23. The zero-order valence-electron chi connectivity index (χ0n) is 8.10. The molecule has 0 amide bonds. The van der Waals surface area contributed by atoms with E-state index in [1.54, 1.807) is 20.8 Å². The van der Waals surface area contributed by atoms with Crippen molar-refractivity contribution in [1.29, 1.82) is 0 Å². The van der Waals surface area contributed by atoms with Gasteiger partial charge in [-0.05, 0) is 20.8 Å². The number of esters is 1. The Labute approximate surface area is 71.8 Å². The van der Waals surface area contributed by atoms with Gasteiger partial charge in [-0.2, -0.15) is 4.39 Å². The standard InChI is InChI=1S/C8H15FO3/c1-7(2,3)12-6(10)8(4,9)11-5/h1-5H3. The van der Waals surface area contributed by atoms with Gasteiger partial charge in [0.1, 0.15) is 5.60 Å². The van der Waals surface area contributed by atoms with E-state index < -0.39 is 17.4 Å². The number of carbonyl (C=O) groups excluding carboxylic acids is 1. The molecular weight excluding hydrogens is 163 g/mol. The molecule has 0 spiro atoms. The summed E-state index contributed by atoms with van der Waals surface area (Å²) in [5, 5.41) is 0. The second kappa shape index (κ2) is 3.39.